The van der Waals surface area contributed by atoms with Crippen molar-refractivity contribution in [3.63, 3.8) is 0 Å². The number of carbonyl (C=O) groups excluding carboxylic acids is 1. The van der Waals surface area contributed by atoms with Gasteiger partial charge in [-0.15, -0.1) is 0 Å². The summed E-state index contributed by atoms with van der Waals surface area (Å²) in [5, 5.41) is 0. The molecule has 0 aromatic carbocycles. The zero-order valence-corrected chi connectivity index (χ0v) is 14.2. The van der Waals surface area contributed by atoms with Gasteiger partial charge in [0.1, 0.15) is 5.78 Å². The average Bonchev–Trinajstić information content (AvgIpc) is 2.36. The van der Waals surface area contributed by atoms with E-state index in [0.717, 1.165) is 38.5 Å². The SMILES string of the molecule is CC(C)(C)NS(=O)(=O)N1CCCCC1C1CCCCC1=O. The standard InChI is InChI=1S/C15H28N2O3S/c1-15(2,3)16-21(19,20)17-11-7-6-9-13(17)12-8-4-5-10-14(12)18/h12-13,16H,4-11H2,1-3H3. The highest BCUT2D eigenvalue weighted by Crippen LogP contribution is 2.33. The fourth-order valence-electron chi connectivity index (χ4n) is 3.49. The first-order valence-corrected chi connectivity index (χ1v) is 9.48. The molecule has 2 fully saturated rings. The molecule has 1 saturated carbocycles. The van der Waals surface area contributed by atoms with Crippen LogP contribution in [0.4, 0.5) is 0 Å². The third kappa shape index (κ3) is 4.27. The van der Waals surface area contributed by atoms with Crippen LogP contribution >= 0.6 is 0 Å². The highest BCUT2D eigenvalue weighted by molar-refractivity contribution is 7.87. The Balaban J connectivity index is 2.20. The second-order valence-corrected chi connectivity index (χ2v) is 8.97. The molecule has 0 aromatic rings. The summed E-state index contributed by atoms with van der Waals surface area (Å²) < 4.78 is 29.6. The number of hydrogen-bond acceptors (Lipinski definition) is 3. The molecule has 122 valence electrons. The topological polar surface area (TPSA) is 66.5 Å². The Bertz CT molecular complexity index is 482. The molecule has 21 heavy (non-hydrogen) atoms. The molecule has 1 aliphatic carbocycles. The maximum absolute atomic E-state index is 12.7. The van der Waals surface area contributed by atoms with Crippen molar-refractivity contribution in [2.24, 2.45) is 5.92 Å². The summed E-state index contributed by atoms with van der Waals surface area (Å²) in [6, 6.07) is -0.147. The van der Waals surface area contributed by atoms with Crippen LogP contribution in [0.1, 0.15) is 65.7 Å². The van der Waals surface area contributed by atoms with E-state index in [1.54, 1.807) is 4.31 Å². The monoisotopic (exact) mass is 316 g/mol. The molecule has 2 unspecified atom stereocenters. The van der Waals surface area contributed by atoms with Crippen LogP contribution in [0.5, 0.6) is 0 Å². The number of Topliss-reactive ketones (excluding diaryl/α,β-unsaturated/α-hetero) is 1. The number of piperidine rings is 1. The van der Waals surface area contributed by atoms with Crippen LogP contribution in [-0.4, -0.2) is 36.6 Å². The molecule has 5 nitrogen and oxygen atoms in total. The van der Waals surface area contributed by atoms with Crippen molar-refractivity contribution in [2.45, 2.75) is 77.3 Å². The molecule has 1 N–H and O–H groups in total. The quantitative estimate of drug-likeness (QED) is 0.868. The lowest BCUT2D eigenvalue weighted by Gasteiger charge is -2.41. The van der Waals surface area contributed by atoms with Gasteiger partial charge in [-0.3, -0.25) is 4.79 Å². The first kappa shape index (κ1) is 16.9. The van der Waals surface area contributed by atoms with Gasteiger partial charge in [0.15, 0.2) is 0 Å². The van der Waals surface area contributed by atoms with Crippen molar-refractivity contribution in [1.29, 1.82) is 0 Å². The lowest BCUT2D eigenvalue weighted by Crippen LogP contribution is -2.56. The number of carbonyl (C=O) groups is 1. The Morgan fingerprint density at radius 1 is 1.10 bits per heavy atom. The van der Waals surface area contributed by atoms with Crippen LogP contribution in [0.25, 0.3) is 0 Å². The third-order valence-corrected chi connectivity index (χ3v) is 6.25. The third-order valence-electron chi connectivity index (χ3n) is 4.31. The zero-order chi connectivity index (χ0) is 15.7. The van der Waals surface area contributed by atoms with Gasteiger partial charge in [-0.25, -0.2) is 0 Å². The van der Waals surface area contributed by atoms with E-state index in [4.69, 9.17) is 0 Å². The van der Waals surface area contributed by atoms with Gasteiger partial charge < -0.3 is 0 Å². The minimum Gasteiger partial charge on any atom is -0.299 e. The molecule has 6 heteroatoms. The molecule has 2 rings (SSSR count). The van der Waals surface area contributed by atoms with Gasteiger partial charge in [0.25, 0.3) is 10.2 Å². The molecule has 2 atom stereocenters. The molecule has 0 spiro atoms. The Kier molecular flexibility index (Phi) is 5.11. The van der Waals surface area contributed by atoms with Gasteiger partial charge in [-0.05, 0) is 46.5 Å². The number of nitrogens with zero attached hydrogens (tertiary/aromatic N) is 1. The molecule has 2 aliphatic rings. The summed E-state index contributed by atoms with van der Waals surface area (Å²) in [6.45, 7) is 6.06. The zero-order valence-electron chi connectivity index (χ0n) is 13.4. The van der Waals surface area contributed by atoms with E-state index in [0.29, 0.717) is 13.0 Å². The molecular weight excluding hydrogens is 288 g/mol. The number of hydrogen-bond donors (Lipinski definition) is 1. The van der Waals surface area contributed by atoms with Crippen molar-refractivity contribution in [3.05, 3.63) is 0 Å². The summed E-state index contributed by atoms with van der Waals surface area (Å²) in [5.74, 6) is 0.153. The van der Waals surface area contributed by atoms with Crippen molar-refractivity contribution in [3.8, 4) is 0 Å². The molecule has 0 amide bonds. The lowest BCUT2D eigenvalue weighted by molar-refractivity contribution is -0.126. The van der Waals surface area contributed by atoms with Gasteiger partial charge in [-0.2, -0.15) is 17.4 Å². The fourth-order valence-corrected chi connectivity index (χ4v) is 5.36. The molecule has 1 heterocycles. The first-order chi connectivity index (χ1) is 9.71. The molecule has 0 radical (unpaired) electrons. The second kappa shape index (κ2) is 6.34. The average molecular weight is 316 g/mol. The van der Waals surface area contributed by atoms with E-state index in [2.05, 4.69) is 4.72 Å². The summed E-state index contributed by atoms with van der Waals surface area (Å²) in [6.07, 6.45) is 6.13. The Labute approximate surface area is 128 Å². The summed E-state index contributed by atoms with van der Waals surface area (Å²) in [5.41, 5.74) is -0.503. The maximum atomic E-state index is 12.7. The van der Waals surface area contributed by atoms with Crippen LogP contribution < -0.4 is 4.72 Å². The van der Waals surface area contributed by atoms with Gasteiger partial charge in [0, 0.05) is 30.5 Å². The van der Waals surface area contributed by atoms with Crippen molar-refractivity contribution in [1.82, 2.24) is 9.03 Å². The van der Waals surface area contributed by atoms with Gasteiger partial charge in [-0.1, -0.05) is 12.8 Å². The van der Waals surface area contributed by atoms with E-state index < -0.39 is 15.7 Å². The largest absolute Gasteiger partial charge is 0.299 e. The van der Waals surface area contributed by atoms with E-state index in [9.17, 15) is 13.2 Å². The van der Waals surface area contributed by atoms with Gasteiger partial charge in [0.05, 0.1) is 0 Å². The van der Waals surface area contributed by atoms with Gasteiger partial charge in [0.2, 0.25) is 0 Å². The smallest absolute Gasteiger partial charge is 0.280 e. The highest BCUT2D eigenvalue weighted by Gasteiger charge is 2.41. The summed E-state index contributed by atoms with van der Waals surface area (Å²) in [7, 11) is -3.53. The van der Waals surface area contributed by atoms with E-state index in [1.165, 1.54) is 0 Å². The predicted molar refractivity (Wildman–Crippen MR) is 83.1 cm³/mol. The summed E-state index contributed by atoms with van der Waals surface area (Å²) in [4.78, 5) is 12.2. The van der Waals surface area contributed by atoms with Gasteiger partial charge >= 0.3 is 0 Å². The fraction of sp³-hybridized carbons (Fsp3) is 0.933. The number of nitrogens with one attached hydrogen (secondary N) is 1. The predicted octanol–water partition coefficient (Wildman–Crippen LogP) is 2.23. The van der Waals surface area contributed by atoms with Crippen LogP contribution in [0.2, 0.25) is 0 Å². The second-order valence-electron chi connectivity index (χ2n) is 7.35. The normalized spacial score (nSPS) is 29.6. The van der Waals surface area contributed by atoms with Crippen LogP contribution in [0.15, 0.2) is 0 Å². The van der Waals surface area contributed by atoms with Crippen molar-refractivity contribution >= 4 is 16.0 Å². The van der Waals surface area contributed by atoms with Crippen LogP contribution in [0, 0.1) is 5.92 Å². The molecule has 1 aliphatic heterocycles. The highest BCUT2D eigenvalue weighted by atomic mass is 32.2. The lowest BCUT2D eigenvalue weighted by atomic mass is 9.80. The minimum absolute atomic E-state index is 0.101. The maximum Gasteiger partial charge on any atom is 0.280 e. The Morgan fingerprint density at radius 3 is 2.38 bits per heavy atom. The Morgan fingerprint density at radius 2 is 1.76 bits per heavy atom. The number of rotatable bonds is 3. The van der Waals surface area contributed by atoms with Crippen LogP contribution in [0.3, 0.4) is 0 Å². The summed E-state index contributed by atoms with van der Waals surface area (Å²) >= 11 is 0. The first-order valence-electron chi connectivity index (χ1n) is 8.04. The van der Waals surface area contributed by atoms with Crippen LogP contribution in [-0.2, 0) is 15.0 Å². The molecule has 1 saturated heterocycles. The van der Waals surface area contributed by atoms with Crippen molar-refractivity contribution in [2.75, 3.05) is 6.54 Å². The minimum atomic E-state index is -3.53. The molecule has 0 aromatic heterocycles. The van der Waals surface area contributed by atoms with Crippen molar-refractivity contribution < 1.29 is 13.2 Å². The Hall–Kier alpha value is -0.460. The molecular formula is C15H28N2O3S. The molecule has 0 bridgehead atoms. The van der Waals surface area contributed by atoms with E-state index >= 15 is 0 Å². The van der Waals surface area contributed by atoms with E-state index in [-0.39, 0.29) is 17.7 Å². The number of ketones is 1. The van der Waals surface area contributed by atoms with E-state index in [1.807, 2.05) is 20.8 Å².